The van der Waals surface area contributed by atoms with E-state index >= 15 is 0 Å². The van der Waals surface area contributed by atoms with Crippen molar-refractivity contribution >= 4 is 0 Å². The van der Waals surface area contributed by atoms with Gasteiger partial charge in [-0.15, -0.1) is 0 Å². The van der Waals surface area contributed by atoms with Crippen molar-refractivity contribution in [3.63, 3.8) is 0 Å². The molecule has 3 N–H and O–H groups in total. The van der Waals surface area contributed by atoms with Gasteiger partial charge >= 0.3 is 0 Å². The van der Waals surface area contributed by atoms with Gasteiger partial charge in [0.1, 0.15) is 18.2 Å². The Kier molecular flexibility index (Phi) is 5.23. The Morgan fingerprint density at radius 2 is 2.19 bits per heavy atom. The van der Waals surface area contributed by atoms with Crippen LogP contribution in [0.15, 0.2) is 5.18 Å². The lowest BCUT2D eigenvalue weighted by atomic mass is 9.93. The van der Waals surface area contributed by atoms with Gasteiger partial charge in [-0.25, -0.2) is 0 Å². The zero-order chi connectivity index (χ0) is 12.1. The number of nitroso groups, excluding NO2 is 1. The summed E-state index contributed by atoms with van der Waals surface area (Å²) in [5.41, 5.74) is 0. The number of β-amino-alcohol motifs (C(OH)–C–C–N with tert-alkyl or cyclic N) is 1. The molecule has 0 radical (unpaired) electrons. The predicted octanol–water partition coefficient (Wildman–Crippen LogP) is -1.83. The number of piperidine rings is 1. The van der Waals surface area contributed by atoms with Gasteiger partial charge in [0, 0.05) is 20.2 Å². The van der Waals surface area contributed by atoms with E-state index in [0.717, 1.165) is 0 Å². The number of aliphatic hydroxyl groups excluding tert-OH is 3. The number of rotatable bonds is 5. The summed E-state index contributed by atoms with van der Waals surface area (Å²) in [7, 11) is 1.39. The van der Waals surface area contributed by atoms with Crippen molar-refractivity contribution in [3.8, 4) is 0 Å². The molecule has 16 heavy (non-hydrogen) atoms. The van der Waals surface area contributed by atoms with Crippen LogP contribution >= 0.6 is 0 Å². The maximum Gasteiger partial charge on any atom is 0.133 e. The van der Waals surface area contributed by atoms with Crippen LogP contribution in [0.1, 0.15) is 0 Å². The molecule has 1 heterocycles. The summed E-state index contributed by atoms with van der Waals surface area (Å²) in [6.07, 6.45) is -1.69. The van der Waals surface area contributed by atoms with Crippen molar-refractivity contribution in [1.29, 1.82) is 0 Å². The molecule has 4 atom stereocenters. The molecule has 1 saturated heterocycles. The van der Waals surface area contributed by atoms with Crippen LogP contribution in [0.5, 0.6) is 0 Å². The van der Waals surface area contributed by atoms with E-state index in [2.05, 4.69) is 5.18 Å². The molecule has 0 amide bonds. The minimum atomic E-state index is -0.988. The van der Waals surface area contributed by atoms with Crippen molar-refractivity contribution in [1.82, 2.24) is 4.90 Å². The fourth-order valence-electron chi connectivity index (χ4n) is 2.14. The van der Waals surface area contributed by atoms with Crippen LogP contribution in [0.25, 0.3) is 0 Å². The highest BCUT2D eigenvalue weighted by Gasteiger charge is 2.43. The van der Waals surface area contributed by atoms with Crippen LogP contribution in [0.2, 0.25) is 0 Å². The van der Waals surface area contributed by atoms with Crippen molar-refractivity contribution in [3.05, 3.63) is 4.91 Å². The molecule has 0 aromatic heterocycles. The van der Waals surface area contributed by atoms with Crippen molar-refractivity contribution in [2.24, 2.45) is 5.18 Å². The Labute approximate surface area is 93.6 Å². The summed E-state index contributed by atoms with van der Waals surface area (Å²) >= 11 is 0. The molecule has 94 valence electrons. The molecule has 1 rings (SSSR count). The van der Waals surface area contributed by atoms with Gasteiger partial charge in [-0.2, -0.15) is 4.91 Å². The maximum atomic E-state index is 10.6. The van der Waals surface area contributed by atoms with E-state index in [0.29, 0.717) is 0 Å². The highest BCUT2D eigenvalue weighted by Crippen LogP contribution is 2.22. The van der Waals surface area contributed by atoms with Gasteiger partial charge in [0.05, 0.1) is 19.3 Å². The number of aliphatic hydroxyl groups is 3. The van der Waals surface area contributed by atoms with Gasteiger partial charge in [-0.05, 0) is 0 Å². The lowest BCUT2D eigenvalue weighted by molar-refractivity contribution is -0.114. The van der Waals surface area contributed by atoms with E-state index in [1.54, 1.807) is 4.90 Å². The summed E-state index contributed by atoms with van der Waals surface area (Å²) in [6, 6.07) is -1.22. The lowest BCUT2D eigenvalue weighted by Crippen LogP contribution is -2.62. The number of likely N-dealkylation sites (tertiary alicyclic amines) is 1. The SMILES string of the molecule is CO[C@H]1[C@H](O)[C@@H](CO)N(CCO)C[C@@H]1N=O. The van der Waals surface area contributed by atoms with Gasteiger partial charge in [-0.1, -0.05) is 5.18 Å². The van der Waals surface area contributed by atoms with E-state index < -0.39 is 24.3 Å². The highest BCUT2D eigenvalue weighted by molar-refractivity contribution is 4.98. The maximum absolute atomic E-state index is 10.6. The van der Waals surface area contributed by atoms with E-state index in [1.807, 2.05) is 0 Å². The van der Waals surface area contributed by atoms with Gasteiger partial charge in [0.15, 0.2) is 0 Å². The molecule has 0 bridgehead atoms. The van der Waals surface area contributed by atoms with Crippen LogP contribution < -0.4 is 0 Å². The number of ether oxygens (including phenoxy) is 1. The fraction of sp³-hybridized carbons (Fsp3) is 1.00. The summed E-state index contributed by atoms with van der Waals surface area (Å²) < 4.78 is 5.02. The third-order valence-electron chi connectivity index (χ3n) is 2.98. The Hall–Kier alpha value is -0.600. The predicted molar refractivity (Wildman–Crippen MR) is 55.9 cm³/mol. The number of hydrogen-bond donors (Lipinski definition) is 3. The monoisotopic (exact) mass is 234 g/mol. The minimum Gasteiger partial charge on any atom is -0.395 e. The molecular weight excluding hydrogens is 216 g/mol. The standard InChI is InChI=1S/C9H18N2O5/c1-16-9-6(10-15)4-11(2-3-12)7(5-13)8(9)14/h6-9,12-14H,2-5H2,1H3/t6-,7+,8+,9+/m0/s1. The van der Waals surface area contributed by atoms with Crippen molar-refractivity contribution < 1.29 is 20.1 Å². The fourth-order valence-corrected chi connectivity index (χ4v) is 2.14. The first-order chi connectivity index (χ1) is 7.69. The zero-order valence-corrected chi connectivity index (χ0v) is 9.19. The van der Waals surface area contributed by atoms with E-state index in [4.69, 9.17) is 9.84 Å². The van der Waals surface area contributed by atoms with Crippen molar-refractivity contribution in [2.75, 3.05) is 33.4 Å². The van der Waals surface area contributed by atoms with Gasteiger partial charge in [-0.3, -0.25) is 4.90 Å². The first-order valence-corrected chi connectivity index (χ1v) is 5.18. The Morgan fingerprint density at radius 1 is 1.50 bits per heavy atom. The number of nitrogens with zero attached hydrogens (tertiary/aromatic N) is 2. The second-order valence-corrected chi connectivity index (χ2v) is 3.83. The number of hydrogen-bond acceptors (Lipinski definition) is 7. The van der Waals surface area contributed by atoms with Gasteiger partial charge < -0.3 is 20.1 Å². The van der Waals surface area contributed by atoms with Crippen LogP contribution in [0.3, 0.4) is 0 Å². The van der Waals surface area contributed by atoms with Crippen molar-refractivity contribution in [2.45, 2.75) is 24.3 Å². The Morgan fingerprint density at radius 3 is 2.62 bits per heavy atom. The van der Waals surface area contributed by atoms with E-state index in [1.165, 1.54) is 7.11 Å². The molecule has 1 fully saturated rings. The second-order valence-electron chi connectivity index (χ2n) is 3.83. The summed E-state index contributed by atoms with van der Waals surface area (Å²) in [5, 5.41) is 30.9. The smallest absolute Gasteiger partial charge is 0.133 e. The van der Waals surface area contributed by atoms with Crippen LogP contribution in [0.4, 0.5) is 0 Å². The highest BCUT2D eigenvalue weighted by atomic mass is 16.5. The molecule has 0 unspecified atom stereocenters. The average molecular weight is 234 g/mol. The summed E-state index contributed by atoms with van der Waals surface area (Å²) in [5.74, 6) is 0. The Balaban J connectivity index is 2.79. The number of methoxy groups -OCH3 is 1. The van der Waals surface area contributed by atoms with E-state index in [9.17, 15) is 15.1 Å². The zero-order valence-electron chi connectivity index (χ0n) is 9.19. The topological polar surface area (TPSA) is 103 Å². The molecule has 0 spiro atoms. The molecule has 1 aliphatic heterocycles. The molecule has 0 aromatic rings. The molecule has 1 aliphatic rings. The molecule has 0 aliphatic carbocycles. The normalized spacial score (nSPS) is 36.2. The lowest BCUT2D eigenvalue weighted by Gasteiger charge is -2.43. The summed E-state index contributed by atoms with van der Waals surface area (Å²) in [6.45, 7) is 0.189. The molecule has 7 heteroatoms. The molecular formula is C9H18N2O5. The Bertz CT molecular complexity index is 226. The minimum absolute atomic E-state index is 0.105. The van der Waals surface area contributed by atoms with Gasteiger partial charge in [0.2, 0.25) is 0 Å². The first kappa shape index (κ1) is 13.5. The molecule has 7 nitrogen and oxygen atoms in total. The third-order valence-corrected chi connectivity index (χ3v) is 2.98. The third kappa shape index (κ3) is 2.55. The molecule has 0 saturated carbocycles. The average Bonchev–Trinajstić information content (AvgIpc) is 2.29. The van der Waals surface area contributed by atoms with Gasteiger partial charge in [0.25, 0.3) is 0 Å². The largest absolute Gasteiger partial charge is 0.395 e. The first-order valence-electron chi connectivity index (χ1n) is 5.18. The second kappa shape index (κ2) is 6.21. The van der Waals surface area contributed by atoms with E-state index in [-0.39, 0.29) is 26.3 Å². The quantitative estimate of drug-likeness (QED) is 0.483. The molecule has 0 aromatic carbocycles. The van der Waals surface area contributed by atoms with Crippen LogP contribution in [-0.4, -0.2) is 77.9 Å². The van der Waals surface area contributed by atoms with Crippen LogP contribution in [0, 0.1) is 4.91 Å². The summed E-state index contributed by atoms with van der Waals surface area (Å²) in [4.78, 5) is 12.3. The van der Waals surface area contributed by atoms with Crippen LogP contribution in [-0.2, 0) is 4.74 Å².